The summed E-state index contributed by atoms with van der Waals surface area (Å²) in [6.45, 7) is 1.82. The monoisotopic (exact) mass is 619 g/mol. The van der Waals surface area contributed by atoms with Crippen LogP contribution in [0.4, 0.5) is 16.0 Å². The summed E-state index contributed by atoms with van der Waals surface area (Å²) in [5.74, 6) is 5.70. The van der Waals surface area contributed by atoms with Crippen molar-refractivity contribution in [1.82, 2.24) is 29.7 Å². The number of thioether (sulfide) groups is 1. The highest BCUT2D eigenvalue weighted by Gasteiger charge is 2.20. The van der Waals surface area contributed by atoms with Crippen LogP contribution in [0.3, 0.4) is 0 Å². The molecule has 1 saturated heterocycles. The molecule has 6 rings (SSSR count). The number of nitrogens with one attached hydrogen (secondary N) is 2. The number of aromatic nitrogens is 4. The zero-order valence-electron chi connectivity index (χ0n) is 24.8. The number of carbonyl (C=O) groups excluding carboxylic acids is 1. The van der Waals surface area contributed by atoms with Crippen LogP contribution < -0.4 is 16.2 Å². The van der Waals surface area contributed by atoms with Crippen molar-refractivity contribution in [2.24, 2.45) is 0 Å². The number of anilines is 2. The fraction of sp³-hybridized carbons (Fsp3) is 0.206. The largest absolute Gasteiger partial charge is 0.338 e. The maximum atomic E-state index is 15.1. The summed E-state index contributed by atoms with van der Waals surface area (Å²) in [4.78, 5) is 40.7. The van der Waals surface area contributed by atoms with E-state index in [0.29, 0.717) is 22.3 Å². The van der Waals surface area contributed by atoms with E-state index in [1.165, 1.54) is 15.5 Å². The van der Waals surface area contributed by atoms with Crippen molar-refractivity contribution in [3.05, 3.63) is 112 Å². The Morgan fingerprint density at radius 1 is 1.16 bits per heavy atom. The first-order valence-corrected chi connectivity index (χ1v) is 15.4. The molecular formula is C34H30FN7O2S. The molecule has 0 saturated carbocycles. The van der Waals surface area contributed by atoms with Crippen LogP contribution in [0.2, 0.25) is 0 Å². The second-order valence-corrected chi connectivity index (χ2v) is 12.0. The number of benzene rings is 2. The van der Waals surface area contributed by atoms with Crippen molar-refractivity contribution >= 4 is 40.3 Å². The van der Waals surface area contributed by atoms with Crippen LogP contribution >= 0.6 is 11.8 Å². The summed E-state index contributed by atoms with van der Waals surface area (Å²) in [6.07, 6.45) is 5.03. The lowest BCUT2D eigenvalue weighted by atomic mass is 10.0. The van der Waals surface area contributed by atoms with Gasteiger partial charge in [0.25, 0.3) is 11.5 Å². The Balaban J connectivity index is 1.41. The number of halogens is 1. The third-order valence-corrected chi connectivity index (χ3v) is 8.67. The van der Waals surface area contributed by atoms with Gasteiger partial charge in [0.15, 0.2) is 0 Å². The molecule has 4 heterocycles. The number of hydrogen-bond acceptors (Lipinski definition) is 8. The molecule has 3 aromatic heterocycles. The molecule has 45 heavy (non-hydrogen) atoms. The molecule has 11 heteroatoms. The van der Waals surface area contributed by atoms with E-state index >= 15 is 4.39 Å². The minimum absolute atomic E-state index is 0.0551. The number of nitrogens with zero attached hydrogens (tertiary/aromatic N) is 5. The van der Waals surface area contributed by atoms with Gasteiger partial charge >= 0.3 is 0 Å². The summed E-state index contributed by atoms with van der Waals surface area (Å²) in [7, 11) is 3.19. The molecule has 226 valence electrons. The van der Waals surface area contributed by atoms with E-state index in [4.69, 9.17) is 4.98 Å². The normalized spacial score (nSPS) is 14.4. The first-order valence-electron chi connectivity index (χ1n) is 14.4. The molecule has 2 N–H and O–H groups in total. The van der Waals surface area contributed by atoms with Crippen LogP contribution in [-0.4, -0.2) is 63.3 Å². The van der Waals surface area contributed by atoms with Gasteiger partial charge in [0.05, 0.1) is 12.1 Å². The molecular weight excluding hydrogens is 589 g/mol. The fourth-order valence-electron chi connectivity index (χ4n) is 5.09. The van der Waals surface area contributed by atoms with E-state index in [0.717, 1.165) is 35.5 Å². The van der Waals surface area contributed by atoms with E-state index in [-0.39, 0.29) is 29.1 Å². The van der Waals surface area contributed by atoms with Crippen LogP contribution in [0.1, 0.15) is 21.9 Å². The Bertz CT molecular complexity index is 2000. The lowest BCUT2D eigenvalue weighted by molar-refractivity contribution is -0.122. The lowest BCUT2D eigenvalue weighted by Crippen LogP contribution is -2.28. The maximum absolute atomic E-state index is 15.1. The number of rotatable bonds is 6. The number of amides is 1. The number of pyridine rings is 2. The molecule has 1 aliphatic rings. The Hall–Kier alpha value is -5.05. The highest BCUT2D eigenvalue weighted by atomic mass is 32.2. The van der Waals surface area contributed by atoms with E-state index in [1.54, 1.807) is 62.6 Å². The lowest BCUT2D eigenvalue weighted by Gasteiger charge is -2.23. The van der Waals surface area contributed by atoms with E-state index in [9.17, 15) is 9.59 Å². The van der Waals surface area contributed by atoms with Gasteiger partial charge in [0.1, 0.15) is 11.5 Å². The van der Waals surface area contributed by atoms with Gasteiger partial charge in [0, 0.05) is 79.3 Å². The summed E-state index contributed by atoms with van der Waals surface area (Å²) in [6, 6.07) is 18.2. The summed E-state index contributed by atoms with van der Waals surface area (Å²) in [5.41, 5.74) is 4.03. The molecule has 2 aromatic carbocycles. The molecule has 1 fully saturated rings. The second kappa shape index (κ2) is 13.3. The van der Waals surface area contributed by atoms with Gasteiger partial charge in [0.2, 0.25) is 5.95 Å². The Morgan fingerprint density at radius 3 is 2.73 bits per heavy atom. The predicted octanol–water partition coefficient (Wildman–Crippen LogP) is 4.60. The highest BCUT2D eigenvalue weighted by molar-refractivity contribution is 7.99. The number of carbonyl (C=O) groups is 1. The smallest absolute Gasteiger partial charge is 0.298 e. The van der Waals surface area contributed by atoms with Gasteiger partial charge < -0.3 is 15.5 Å². The van der Waals surface area contributed by atoms with Crippen molar-refractivity contribution in [3.8, 4) is 23.0 Å². The van der Waals surface area contributed by atoms with E-state index < -0.39 is 11.5 Å². The van der Waals surface area contributed by atoms with Crippen molar-refractivity contribution < 1.29 is 9.18 Å². The summed E-state index contributed by atoms with van der Waals surface area (Å²) < 4.78 is 16.7. The molecule has 0 spiro atoms. The summed E-state index contributed by atoms with van der Waals surface area (Å²) >= 11 is 1.74. The van der Waals surface area contributed by atoms with Crippen molar-refractivity contribution in [2.75, 3.05) is 38.3 Å². The van der Waals surface area contributed by atoms with Crippen molar-refractivity contribution in [3.63, 3.8) is 0 Å². The molecule has 0 aliphatic carbocycles. The Labute approximate surface area is 263 Å². The minimum Gasteiger partial charge on any atom is -0.338 e. The SMILES string of the molecule is CN(C)C(=O)C#Cc1cc2cnc(Nc3ccc(C4CNCCS4)c(F)c3)nc2n(Cc2ccccc2-c2ccncc2)c1=O. The Kier molecular flexibility index (Phi) is 8.86. The first kappa shape index (κ1) is 30.0. The van der Waals surface area contributed by atoms with E-state index in [2.05, 4.69) is 32.4 Å². The van der Waals surface area contributed by atoms with E-state index in [1.807, 2.05) is 36.4 Å². The third-order valence-electron chi connectivity index (χ3n) is 7.41. The quantitative estimate of drug-likeness (QED) is 0.266. The maximum Gasteiger partial charge on any atom is 0.298 e. The molecule has 0 radical (unpaired) electrons. The van der Waals surface area contributed by atoms with Crippen LogP contribution in [-0.2, 0) is 11.3 Å². The first-order chi connectivity index (χ1) is 21.9. The average Bonchev–Trinajstić information content (AvgIpc) is 3.06. The average molecular weight is 620 g/mol. The fourth-order valence-corrected chi connectivity index (χ4v) is 6.24. The highest BCUT2D eigenvalue weighted by Crippen LogP contribution is 2.33. The standard InChI is InChI=1S/C34H30FN7O2S/c1-41(2)31(43)10-7-23-17-25-19-38-34(39-26-8-9-28(29(35)18-26)30-20-37-15-16-45-30)40-32(25)42(33(23)44)21-24-5-3-4-6-27(24)22-11-13-36-14-12-22/h3-6,8-9,11-14,17-19,30,37H,15-16,20-21H2,1-2H3,(H,38,39,40). The molecule has 5 aromatic rings. The molecule has 9 nitrogen and oxygen atoms in total. The van der Waals surface area contributed by atoms with Gasteiger partial charge in [-0.05, 0) is 47.0 Å². The minimum atomic E-state index is -0.420. The van der Waals surface area contributed by atoms with Crippen LogP contribution in [0.25, 0.3) is 22.2 Å². The second-order valence-electron chi connectivity index (χ2n) is 10.7. The van der Waals surface area contributed by atoms with Crippen LogP contribution in [0, 0.1) is 17.7 Å². The van der Waals surface area contributed by atoms with Gasteiger partial charge in [-0.3, -0.25) is 19.1 Å². The molecule has 1 aliphatic heterocycles. The van der Waals surface area contributed by atoms with Gasteiger partial charge in [-0.1, -0.05) is 36.3 Å². The van der Waals surface area contributed by atoms with Gasteiger partial charge in [-0.15, -0.1) is 0 Å². The zero-order valence-corrected chi connectivity index (χ0v) is 25.6. The predicted molar refractivity (Wildman–Crippen MR) is 176 cm³/mol. The van der Waals surface area contributed by atoms with Crippen LogP contribution in [0.15, 0.2) is 84.0 Å². The van der Waals surface area contributed by atoms with Crippen molar-refractivity contribution in [2.45, 2.75) is 11.8 Å². The third kappa shape index (κ3) is 6.72. The molecule has 0 bridgehead atoms. The topological polar surface area (TPSA) is 105 Å². The number of fused-ring (bicyclic) bond motifs is 1. The Morgan fingerprint density at radius 2 is 1.98 bits per heavy atom. The van der Waals surface area contributed by atoms with Gasteiger partial charge in [-0.2, -0.15) is 16.7 Å². The molecule has 1 amide bonds. The van der Waals surface area contributed by atoms with Crippen molar-refractivity contribution in [1.29, 1.82) is 0 Å². The number of hydrogen-bond donors (Lipinski definition) is 2. The molecule has 1 unspecified atom stereocenters. The summed E-state index contributed by atoms with van der Waals surface area (Å²) in [5, 5.41) is 7.03. The zero-order chi connectivity index (χ0) is 31.3. The molecule has 1 atom stereocenters. The van der Waals surface area contributed by atoms with Crippen LogP contribution in [0.5, 0.6) is 0 Å². The van der Waals surface area contributed by atoms with Gasteiger partial charge in [-0.25, -0.2) is 9.37 Å².